The van der Waals surface area contributed by atoms with Gasteiger partial charge in [-0.2, -0.15) is 0 Å². The maximum atomic E-state index is 14.2. The smallest absolute Gasteiger partial charge is 0.493 e. The zero-order valence-electron chi connectivity index (χ0n) is 34.8. The van der Waals surface area contributed by atoms with Crippen molar-refractivity contribution in [1.29, 1.82) is 0 Å². The third kappa shape index (κ3) is 11.4. The van der Waals surface area contributed by atoms with E-state index in [1.807, 2.05) is 21.6 Å². The van der Waals surface area contributed by atoms with Gasteiger partial charge < -0.3 is 34.7 Å². The van der Waals surface area contributed by atoms with Crippen LogP contribution in [0.25, 0.3) is 0 Å². The first-order valence-corrected chi connectivity index (χ1v) is 21.9. The molecule has 2 heterocycles. The molecule has 5 rings (SSSR count). The number of carbonyl (C=O) groups excluding carboxylic acids is 6. The second-order valence-corrected chi connectivity index (χ2v) is 16.4. The standard InChI is InChI=1S/C40H57N9O10P2/c1-22(50)46-26(9-7-18-44-39(42)48-61-4)36(53)45-21-32(52)47-27(12-15-31(51)43-17-6-5-8-25(41)37(54)59-60)38(55)57-30-14-11-24-28-20-23-10-13-29(56-3)34-33(23)40(24,35(30)58-34)16-19-49(28)2/h4,10,13-14,24-28,35H,5-9,11-12,15-21,41,60H2,1-3H3,(H6-,42,43,44,45,46,47,48,50,51,52,53)/p+1/t24-,25?,26-,27?,28+,35-,40-/m0/s1. The number of hydrogen-bond donors (Lipinski definition) is 7. The van der Waals surface area contributed by atoms with E-state index < -0.39 is 65.8 Å². The third-order valence-corrected chi connectivity index (χ3v) is 12.4. The quantitative estimate of drug-likeness (QED) is 0.0289. The predicted octanol–water partition coefficient (Wildman–Crippen LogP) is 0.369. The van der Waals surface area contributed by atoms with E-state index in [0.29, 0.717) is 64.1 Å². The zero-order chi connectivity index (χ0) is 44.3. The van der Waals surface area contributed by atoms with Crippen molar-refractivity contribution in [2.45, 2.75) is 107 Å². The Morgan fingerprint density at radius 3 is 2.57 bits per heavy atom. The van der Waals surface area contributed by atoms with Crippen molar-refractivity contribution in [3.05, 3.63) is 35.1 Å². The summed E-state index contributed by atoms with van der Waals surface area (Å²) < 4.78 is 23.2. The zero-order valence-corrected chi connectivity index (χ0v) is 36.9. The molecule has 4 aliphatic rings. The number of amides is 4. The van der Waals surface area contributed by atoms with Crippen LogP contribution in [-0.2, 0) is 49.9 Å². The molecule has 2 bridgehead atoms. The van der Waals surface area contributed by atoms with E-state index in [2.05, 4.69) is 53.9 Å². The fourth-order valence-electron chi connectivity index (χ4n) is 8.93. The van der Waals surface area contributed by atoms with Gasteiger partial charge in [0.15, 0.2) is 17.6 Å². The minimum absolute atomic E-state index is 0.121. The van der Waals surface area contributed by atoms with E-state index in [1.165, 1.54) is 12.5 Å². The number of nitrogens with two attached hydrogens (primary N) is 2. The number of ether oxygens (including phenoxy) is 3. The van der Waals surface area contributed by atoms with E-state index in [4.69, 9.17) is 31.8 Å². The summed E-state index contributed by atoms with van der Waals surface area (Å²) in [4.78, 5) is 83.6. The molecule has 0 saturated carbocycles. The fraction of sp³-hybridized carbons (Fsp3) is 0.600. The van der Waals surface area contributed by atoms with Gasteiger partial charge in [-0.3, -0.25) is 9.59 Å². The number of nitrogens with zero attached hydrogens (tertiary/aromatic N) is 2. The normalized spacial score (nSPS) is 22.4. The number of aliphatic imine (C=N–C) groups is 1. The predicted molar refractivity (Wildman–Crippen MR) is 229 cm³/mol. The summed E-state index contributed by atoms with van der Waals surface area (Å²) >= 11 is 0. The van der Waals surface area contributed by atoms with Crippen molar-refractivity contribution < 1.29 is 47.5 Å². The topological polar surface area (TPSA) is 267 Å². The molecule has 1 saturated heterocycles. The summed E-state index contributed by atoms with van der Waals surface area (Å²) in [6, 6.07) is 1.23. The van der Waals surface area contributed by atoms with Crippen LogP contribution in [-0.4, -0.2) is 117 Å². The molecule has 2 aliphatic heterocycles. The van der Waals surface area contributed by atoms with Crippen molar-refractivity contribution in [2.75, 3.05) is 40.3 Å². The molecule has 1 aromatic carbocycles. The van der Waals surface area contributed by atoms with Crippen molar-refractivity contribution in [2.24, 2.45) is 22.4 Å². The van der Waals surface area contributed by atoms with E-state index in [1.54, 1.807) is 7.11 Å². The summed E-state index contributed by atoms with van der Waals surface area (Å²) in [6.45, 7) is 2.11. The Kier molecular flexibility index (Phi) is 16.9. The van der Waals surface area contributed by atoms with Gasteiger partial charge in [-0.05, 0) is 82.2 Å². The summed E-state index contributed by atoms with van der Waals surface area (Å²) in [5.74, 6) is -1.57. The van der Waals surface area contributed by atoms with E-state index in [-0.39, 0.29) is 49.6 Å². The number of nitrogens with one attached hydrogen (secondary N) is 5. The van der Waals surface area contributed by atoms with Crippen LogP contribution >= 0.6 is 17.7 Å². The number of unbranched alkanes of at least 4 members (excludes halogenated alkanes) is 1. The van der Waals surface area contributed by atoms with Gasteiger partial charge in [0.25, 0.3) is 0 Å². The Morgan fingerprint density at radius 1 is 1.07 bits per heavy atom. The van der Waals surface area contributed by atoms with Crippen LogP contribution < -0.4 is 47.3 Å². The molecule has 1 fully saturated rings. The number of guanidine groups is 1. The number of esters is 1. The molecule has 0 aromatic heterocycles. The SMILES string of the molecule is C#[P+]NC(N)=NCCC[C@H](NC(C)=O)C(=O)NCC(=O)NC(CCC(=O)NCCCCC(N)C(=O)OP)C(=O)OC1=CC[C@H]2[C@H]3Cc4ccc(OC)c5c4[C@@]2(CCN3C)[C@H]1O5. The van der Waals surface area contributed by atoms with Gasteiger partial charge in [-0.25, -0.2) is 4.79 Å². The van der Waals surface area contributed by atoms with Crippen molar-refractivity contribution in [3.8, 4) is 17.6 Å². The Labute approximate surface area is 359 Å². The van der Waals surface area contributed by atoms with Gasteiger partial charge in [-0.15, -0.1) is 0 Å². The molecule has 8 atom stereocenters. The van der Waals surface area contributed by atoms with Gasteiger partial charge in [0.2, 0.25) is 5.91 Å². The van der Waals surface area contributed by atoms with Gasteiger partial charge in [-0.1, -0.05) is 6.07 Å². The van der Waals surface area contributed by atoms with Crippen LogP contribution in [0.4, 0.5) is 0 Å². The van der Waals surface area contributed by atoms with E-state index in [0.717, 1.165) is 24.9 Å². The average Bonchev–Trinajstić information content (AvgIpc) is 3.59. The van der Waals surface area contributed by atoms with Gasteiger partial charge in [0, 0.05) is 30.0 Å². The first kappa shape index (κ1) is 47.3. The monoisotopic (exact) mass is 886 g/mol. The van der Waals surface area contributed by atoms with Crippen LogP contribution in [0.1, 0.15) is 75.8 Å². The second kappa shape index (κ2) is 21.8. The molecule has 1 spiro atoms. The molecule has 3 unspecified atom stereocenters. The third-order valence-electron chi connectivity index (χ3n) is 11.8. The number of carbonyl (C=O) groups is 6. The Balaban J connectivity index is 1.26. The molecular formula is C40H58N9O10P2+. The molecule has 332 valence electrons. The molecule has 0 radical (unpaired) electrons. The number of rotatable bonds is 21. The maximum absolute atomic E-state index is 14.2. The molecular weight excluding hydrogens is 828 g/mol. The van der Waals surface area contributed by atoms with Crippen LogP contribution in [0.2, 0.25) is 0 Å². The molecule has 19 nitrogen and oxygen atoms in total. The van der Waals surface area contributed by atoms with Crippen LogP contribution in [0.15, 0.2) is 29.0 Å². The molecule has 1 aromatic rings. The Morgan fingerprint density at radius 2 is 1.85 bits per heavy atom. The van der Waals surface area contributed by atoms with Crippen LogP contribution in [0.3, 0.4) is 0 Å². The number of likely N-dealkylation sites (N-methyl/N-ethyl adjacent to an activating group) is 1. The van der Waals surface area contributed by atoms with Crippen molar-refractivity contribution in [1.82, 2.24) is 31.3 Å². The summed E-state index contributed by atoms with van der Waals surface area (Å²) in [6.07, 6.45) is 10.7. The first-order valence-electron chi connectivity index (χ1n) is 20.5. The minimum atomic E-state index is -1.29. The summed E-state index contributed by atoms with van der Waals surface area (Å²) in [7, 11) is 5.93. The number of hydrogen-bond acceptors (Lipinski definition) is 13. The van der Waals surface area contributed by atoms with Crippen molar-refractivity contribution in [3.63, 3.8) is 0 Å². The summed E-state index contributed by atoms with van der Waals surface area (Å²) in [5.41, 5.74) is 13.3. The minimum Gasteiger partial charge on any atom is -0.493 e. The van der Waals surface area contributed by atoms with Crippen LogP contribution in [0.5, 0.6) is 11.5 Å². The molecule has 61 heavy (non-hydrogen) atoms. The van der Waals surface area contributed by atoms with Crippen molar-refractivity contribution >= 4 is 59.2 Å². The number of piperidine rings is 1. The molecule has 9 N–H and O–H groups in total. The van der Waals surface area contributed by atoms with E-state index >= 15 is 0 Å². The number of methoxy groups -OCH3 is 1. The summed E-state index contributed by atoms with van der Waals surface area (Å²) in [5, 5.41) is 13.2. The Hall–Kier alpha value is -4.79. The van der Waals surface area contributed by atoms with Gasteiger partial charge in [0.05, 0.1) is 16.6 Å². The number of likely N-dealkylation sites (tertiary alicyclic amines) is 1. The second-order valence-electron chi connectivity index (χ2n) is 15.7. The average molecular weight is 887 g/mol. The fourth-order valence-corrected chi connectivity index (χ4v) is 9.31. The van der Waals surface area contributed by atoms with Gasteiger partial charge >= 0.3 is 135 Å². The molecule has 4 amide bonds. The molecule has 2 aliphatic carbocycles. The molecule has 21 heteroatoms. The Bertz CT molecular complexity index is 1940. The van der Waals surface area contributed by atoms with Gasteiger partial charge in [0.1, 0.15) is 17.8 Å². The van der Waals surface area contributed by atoms with Crippen LogP contribution in [0, 0.1) is 12.0 Å². The number of benzene rings is 1. The first-order chi connectivity index (χ1) is 29.2. The van der Waals surface area contributed by atoms with E-state index in [9.17, 15) is 28.8 Å². The number of allylic oxidation sites excluding steroid dienone is 1.